The number of nitrogens with zero attached hydrogens (tertiary/aromatic N) is 1. The largest absolute Gasteiger partial charge is 0.504 e. The molecule has 0 saturated carbocycles. The first-order chi connectivity index (χ1) is 11.7. The molecular formula is C18H21N3O3. The summed E-state index contributed by atoms with van der Waals surface area (Å²) >= 11 is 0. The summed E-state index contributed by atoms with van der Waals surface area (Å²) in [6, 6.07) is 14.2. The molecule has 126 valence electrons. The fourth-order valence-corrected chi connectivity index (χ4v) is 2.14. The van der Waals surface area contributed by atoms with Crippen LogP contribution < -0.4 is 15.5 Å². The number of carbonyl (C=O) groups excluding carboxylic acids is 1. The number of ether oxygens (including phenoxy) is 1. The van der Waals surface area contributed by atoms with E-state index in [1.165, 1.54) is 13.3 Å². The Labute approximate surface area is 141 Å². The second kappa shape index (κ2) is 8.57. The summed E-state index contributed by atoms with van der Waals surface area (Å²) in [6.07, 6.45) is 1.99. The molecule has 0 saturated heterocycles. The predicted molar refractivity (Wildman–Crippen MR) is 94.5 cm³/mol. The first kappa shape index (κ1) is 17.3. The van der Waals surface area contributed by atoms with E-state index < -0.39 is 6.04 Å². The van der Waals surface area contributed by atoms with E-state index >= 15 is 0 Å². The van der Waals surface area contributed by atoms with Gasteiger partial charge in [0, 0.05) is 11.3 Å². The molecular weight excluding hydrogens is 306 g/mol. The molecule has 6 heteroatoms. The number of rotatable bonds is 7. The Bertz CT molecular complexity index is 702. The molecule has 0 radical (unpaired) electrons. The minimum atomic E-state index is -0.400. The van der Waals surface area contributed by atoms with E-state index in [2.05, 4.69) is 15.8 Å². The van der Waals surface area contributed by atoms with Crippen LogP contribution >= 0.6 is 0 Å². The molecule has 3 N–H and O–H groups in total. The van der Waals surface area contributed by atoms with Crippen molar-refractivity contribution in [1.29, 1.82) is 0 Å². The van der Waals surface area contributed by atoms with Gasteiger partial charge in [-0.15, -0.1) is 0 Å². The van der Waals surface area contributed by atoms with Gasteiger partial charge in [-0.2, -0.15) is 5.10 Å². The number of hydrazone groups is 1. The van der Waals surface area contributed by atoms with Crippen LogP contribution in [0.1, 0.15) is 18.9 Å². The molecule has 0 spiro atoms. The van der Waals surface area contributed by atoms with Gasteiger partial charge in [0.25, 0.3) is 5.91 Å². The molecule has 0 bridgehead atoms. The minimum Gasteiger partial charge on any atom is -0.504 e. The smallest absolute Gasteiger partial charge is 0.262 e. The molecule has 24 heavy (non-hydrogen) atoms. The lowest BCUT2D eigenvalue weighted by atomic mass is 10.2. The summed E-state index contributed by atoms with van der Waals surface area (Å²) in [5.41, 5.74) is 3.81. The number of benzene rings is 2. The highest BCUT2D eigenvalue weighted by Gasteiger charge is 2.15. The molecule has 2 rings (SSSR count). The molecule has 0 aliphatic rings. The second-order valence-electron chi connectivity index (χ2n) is 5.10. The highest BCUT2D eigenvalue weighted by molar-refractivity contribution is 5.88. The number of para-hydroxylation sites is 2. The fraction of sp³-hybridized carbons (Fsp3) is 0.222. The summed E-state index contributed by atoms with van der Waals surface area (Å²) in [5.74, 6) is 0.0786. The standard InChI is InChI=1S/C18H21N3O3/c1-3-15(20-14-9-5-4-6-10-14)18(23)21-19-12-13-8-7-11-16(24-2)17(13)22/h4-12,15,20,22H,3H2,1-2H3,(H,21,23)/b19-12+/t15-/m0/s1. The van der Waals surface area contributed by atoms with Gasteiger partial charge in [-0.25, -0.2) is 5.43 Å². The van der Waals surface area contributed by atoms with Gasteiger partial charge in [0.15, 0.2) is 11.5 Å². The SMILES string of the molecule is CC[C@H](Nc1ccccc1)C(=O)N/N=C/c1cccc(OC)c1O. The Morgan fingerprint density at radius 2 is 2.00 bits per heavy atom. The van der Waals surface area contributed by atoms with Crippen molar-refractivity contribution in [2.24, 2.45) is 5.10 Å². The van der Waals surface area contributed by atoms with Crippen molar-refractivity contribution in [2.75, 3.05) is 12.4 Å². The Hall–Kier alpha value is -3.02. The maximum absolute atomic E-state index is 12.2. The predicted octanol–water partition coefficient (Wildman–Crippen LogP) is 2.74. The Balaban J connectivity index is 1.98. The maximum atomic E-state index is 12.2. The van der Waals surface area contributed by atoms with Crippen LogP contribution in [-0.2, 0) is 4.79 Å². The summed E-state index contributed by atoms with van der Waals surface area (Å²) in [6.45, 7) is 1.91. The molecule has 0 heterocycles. The van der Waals surface area contributed by atoms with Crippen molar-refractivity contribution in [1.82, 2.24) is 5.43 Å². The van der Waals surface area contributed by atoms with E-state index in [0.717, 1.165) is 5.69 Å². The molecule has 6 nitrogen and oxygen atoms in total. The number of amides is 1. The number of carbonyl (C=O) groups is 1. The van der Waals surface area contributed by atoms with Crippen LogP contribution in [0.3, 0.4) is 0 Å². The lowest BCUT2D eigenvalue weighted by molar-refractivity contribution is -0.121. The van der Waals surface area contributed by atoms with E-state index in [1.807, 2.05) is 37.3 Å². The van der Waals surface area contributed by atoms with Crippen molar-refractivity contribution < 1.29 is 14.6 Å². The van der Waals surface area contributed by atoms with Gasteiger partial charge in [0.2, 0.25) is 0 Å². The van der Waals surface area contributed by atoms with Crippen LogP contribution in [0, 0.1) is 0 Å². The van der Waals surface area contributed by atoms with Gasteiger partial charge in [0.05, 0.1) is 13.3 Å². The average Bonchev–Trinajstić information content (AvgIpc) is 2.62. The van der Waals surface area contributed by atoms with Crippen molar-refractivity contribution in [2.45, 2.75) is 19.4 Å². The number of hydrogen-bond acceptors (Lipinski definition) is 5. The Kier molecular flexibility index (Phi) is 6.19. The summed E-state index contributed by atoms with van der Waals surface area (Å²) < 4.78 is 5.03. The van der Waals surface area contributed by atoms with Crippen LogP contribution in [0.5, 0.6) is 11.5 Å². The number of anilines is 1. The van der Waals surface area contributed by atoms with Crippen molar-refractivity contribution in [3.8, 4) is 11.5 Å². The van der Waals surface area contributed by atoms with Gasteiger partial charge in [0.1, 0.15) is 6.04 Å². The third kappa shape index (κ3) is 4.49. The van der Waals surface area contributed by atoms with Crippen molar-refractivity contribution in [3.05, 3.63) is 54.1 Å². The summed E-state index contributed by atoms with van der Waals surface area (Å²) in [5, 5.41) is 17.0. The van der Waals surface area contributed by atoms with Gasteiger partial charge >= 0.3 is 0 Å². The van der Waals surface area contributed by atoms with E-state index in [9.17, 15) is 9.90 Å². The zero-order chi connectivity index (χ0) is 17.4. The van der Waals surface area contributed by atoms with Crippen LogP contribution in [0.25, 0.3) is 0 Å². The van der Waals surface area contributed by atoms with Gasteiger partial charge in [-0.3, -0.25) is 4.79 Å². The van der Waals surface area contributed by atoms with E-state index in [4.69, 9.17) is 4.74 Å². The normalized spacial score (nSPS) is 11.9. The zero-order valence-corrected chi connectivity index (χ0v) is 13.7. The highest BCUT2D eigenvalue weighted by atomic mass is 16.5. The number of aromatic hydroxyl groups is 1. The van der Waals surface area contributed by atoms with Gasteiger partial charge < -0.3 is 15.2 Å². The number of methoxy groups -OCH3 is 1. The molecule has 1 atom stereocenters. The summed E-state index contributed by atoms with van der Waals surface area (Å²) in [4.78, 5) is 12.2. The van der Waals surface area contributed by atoms with E-state index in [0.29, 0.717) is 17.7 Å². The molecule has 1 amide bonds. The Morgan fingerprint density at radius 3 is 2.67 bits per heavy atom. The molecule has 0 aliphatic heterocycles. The first-order valence-corrected chi connectivity index (χ1v) is 7.66. The van der Waals surface area contributed by atoms with Crippen LogP contribution in [0.15, 0.2) is 53.6 Å². The lowest BCUT2D eigenvalue weighted by Gasteiger charge is -2.16. The number of phenols is 1. The van der Waals surface area contributed by atoms with Gasteiger partial charge in [-0.1, -0.05) is 31.2 Å². The number of phenolic OH excluding ortho intramolecular Hbond substituents is 1. The van der Waals surface area contributed by atoms with E-state index in [1.54, 1.807) is 18.2 Å². The van der Waals surface area contributed by atoms with Crippen molar-refractivity contribution >= 4 is 17.8 Å². The van der Waals surface area contributed by atoms with Crippen LogP contribution in [0.4, 0.5) is 5.69 Å². The lowest BCUT2D eigenvalue weighted by Crippen LogP contribution is -2.36. The quantitative estimate of drug-likeness (QED) is 0.539. The fourth-order valence-electron chi connectivity index (χ4n) is 2.14. The summed E-state index contributed by atoms with van der Waals surface area (Å²) in [7, 11) is 1.47. The van der Waals surface area contributed by atoms with Crippen LogP contribution in [0.2, 0.25) is 0 Å². The molecule has 2 aromatic carbocycles. The highest BCUT2D eigenvalue weighted by Crippen LogP contribution is 2.27. The number of hydrogen-bond donors (Lipinski definition) is 3. The average molecular weight is 327 g/mol. The van der Waals surface area contributed by atoms with Crippen molar-refractivity contribution in [3.63, 3.8) is 0 Å². The van der Waals surface area contributed by atoms with Crippen LogP contribution in [-0.4, -0.2) is 30.4 Å². The third-order valence-electron chi connectivity index (χ3n) is 3.47. The maximum Gasteiger partial charge on any atom is 0.262 e. The first-order valence-electron chi connectivity index (χ1n) is 7.66. The molecule has 0 aromatic heterocycles. The molecule has 0 aliphatic carbocycles. The zero-order valence-electron chi connectivity index (χ0n) is 13.7. The topological polar surface area (TPSA) is 83.0 Å². The Morgan fingerprint density at radius 1 is 1.25 bits per heavy atom. The molecule has 2 aromatic rings. The van der Waals surface area contributed by atoms with Gasteiger partial charge in [-0.05, 0) is 30.7 Å². The minimum absolute atomic E-state index is 0.0209. The second-order valence-corrected chi connectivity index (χ2v) is 5.10. The van der Waals surface area contributed by atoms with E-state index in [-0.39, 0.29) is 11.7 Å². The monoisotopic (exact) mass is 327 g/mol. The number of nitrogens with one attached hydrogen (secondary N) is 2. The third-order valence-corrected chi connectivity index (χ3v) is 3.47. The molecule has 0 fully saturated rings. The molecule has 0 unspecified atom stereocenters.